The van der Waals surface area contributed by atoms with Crippen LogP contribution in [0.2, 0.25) is 0 Å². The highest BCUT2D eigenvalue weighted by Crippen LogP contribution is 2.35. The van der Waals surface area contributed by atoms with E-state index < -0.39 is 29.8 Å². The molecule has 0 aliphatic carbocycles. The Morgan fingerprint density at radius 3 is 2.83 bits per heavy atom. The topological polar surface area (TPSA) is 140 Å². The summed E-state index contributed by atoms with van der Waals surface area (Å²) in [5.41, 5.74) is 3.65. The number of aliphatic hydroxyl groups excluding tert-OH is 1. The number of primary amides is 1. The van der Waals surface area contributed by atoms with Gasteiger partial charge in [0.25, 0.3) is 11.8 Å². The maximum Gasteiger partial charge on any atom is 0.270 e. The average molecular weight is 402 g/mol. The van der Waals surface area contributed by atoms with Crippen LogP contribution in [-0.4, -0.2) is 57.4 Å². The van der Waals surface area contributed by atoms with Gasteiger partial charge in [-0.25, -0.2) is 9.37 Å². The highest BCUT2D eigenvalue weighted by molar-refractivity contribution is 6.05. The van der Waals surface area contributed by atoms with Crippen LogP contribution in [0.5, 0.6) is 5.75 Å². The fourth-order valence-corrected chi connectivity index (χ4v) is 2.83. The Labute approximate surface area is 165 Å². The Kier molecular flexibility index (Phi) is 5.28. The Morgan fingerprint density at radius 1 is 1.48 bits per heavy atom. The van der Waals surface area contributed by atoms with Crippen LogP contribution in [0, 0.1) is 17.7 Å². The summed E-state index contributed by atoms with van der Waals surface area (Å²) in [6.45, 7) is 0.931. The van der Waals surface area contributed by atoms with Crippen LogP contribution >= 0.6 is 0 Å². The number of nitrogens with two attached hydrogens (primary N) is 1. The number of carbonyl (C=O) groups excluding carboxylic acids is 2. The van der Waals surface area contributed by atoms with Crippen LogP contribution in [0.4, 0.5) is 4.39 Å². The predicted molar refractivity (Wildman–Crippen MR) is 99.6 cm³/mol. The molecule has 1 aromatic heterocycles. The van der Waals surface area contributed by atoms with Gasteiger partial charge in [-0.2, -0.15) is 0 Å². The van der Waals surface area contributed by atoms with Crippen LogP contribution in [0.25, 0.3) is 11.4 Å². The minimum atomic E-state index is -1.71. The van der Waals surface area contributed by atoms with Gasteiger partial charge < -0.3 is 30.6 Å². The van der Waals surface area contributed by atoms with Crippen molar-refractivity contribution in [2.45, 2.75) is 19.1 Å². The molecule has 0 saturated heterocycles. The number of rotatable bonds is 3. The number of aromatic nitrogens is 2. The fraction of sp³-hybridized carbons (Fsp3) is 0.316. The quantitative estimate of drug-likeness (QED) is 0.517. The van der Waals surface area contributed by atoms with E-state index in [1.165, 1.54) is 24.6 Å². The summed E-state index contributed by atoms with van der Waals surface area (Å²) in [7, 11) is 1.41. The van der Waals surface area contributed by atoms with Gasteiger partial charge in [0.15, 0.2) is 5.69 Å². The van der Waals surface area contributed by atoms with Crippen molar-refractivity contribution < 1.29 is 28.9 Å². The van der Waals surface area contributed by atoms with Crippen molar-refractivity contribution in [3.8, 4) is 29.0 Å². The lowest BCUT2D eigenvalue weighted by Crippen LogP contribution is -2.26. The van der Waals surface area contributed by atoms with Crippen molar-refractivity contribution in [1.29, 1.82) is 0 Å². The molecule has 0 fully saturated rings. The van der Waals surface area contributed by atoms with Gasteiger partial charge in [0, 0.05) is 13.1 Å². The number of amides is 2. The van der Waals surface area contributed by atoms with Gasteiger partial charge >= 0.3 is 0 Å². The molecule has 1 aliphatic rings. The van der Waals surface area contributed by atoms with E-state index in [4.69, 9.17) is 15.6 Å². The summed E-state index contributed by atoms with van der Waals surface area (Å²) in [6, 6.07) is 2.45. The number of nitrogens with zero attached hydrogens (tertiary/aromatic N) is 2. The molecule has 1 atom stereocenters. The van der Waals surface area contributed by atoms with Crippen molar-refractivity contribution >= 4 is 11.8 Å². The second-order valence-electron chi connectivity index (χ2n) is 6.59. The largest absolute Gasteiger partial charge is 0.491 e. The molecule has 0 spiro atoms. The third-order valence-corrected chi connectivity index (χ3v) is 4.30. The lowest BCUT2D eigenvalue weighted by Gasteiger charge is -2.11. The summed E-state index contributed by atoms with van der Waals surface area (Å²) in [5.74, 6) is 3.09. The molecule has 1 aromatic carbocycles. The van der Waals surface area contributed by atoms with E-state index in [0.717, 1.165) is 6.07 Å². The van der Waals surface area contributed by atoms with Gasteiger partial charge in [0.1, 0.15) is 35.3 Å². The Balaban J connectivity index is 2.24. The first-order valence-electron chi connectivity index (χ1n) is 8.64. The number of halogens is 1. The van der Waals surface area contributed by atoms with Crippen LogP contribution in [0.1, 0.15) is 33.5 Å². The molecule has 2 heterocycles. The van der Waals surface area contributed by atoms with Crippen molar-refractivity contribution in [1.82, 2.24) is 14.9 Å². The van der Waals surface area contributed by atoms with Crippen LogP contribution in [0.15, 0.2) is 12.1 Å². The van der Waals surface area contributed by atoms with E-state index in [-0.39, 0.29) is 41.7 Å². The first-order valence-corrected chi connectivity index (χ1v) is 8.64. The molecule has 152 valence electrons. The van der Waals surface area contributed by atoms with E-state index in [0.29, 0.717) is 5.56 Å². The monoisotopic (exact) mass is 402 g/mol. The maximum absolute atomic E-state index is 14.5. The number of hydrogen-bond acceptors (Lipinski definition) is 6. The molecule has 1 unspecified atom stereocenters. The number of carbonyl (C=O) groups is 2. The zero-order valence-electron chi connectivity index (χ0n) is 15.7. The minimum Gasteiger partial charge on any atom is -0.491 e. The lowest BCUT2D eigenvalue weighted by molar-refractivity contribution is 0.0518. The lowest BCUT2D eigenvalue weighted by atomic mass is 10.1. The van der Waals surface area contributed by atoms with E-state index in [9.17, 15) is 19.1 Å². The first kappa shape index (κ1) is 20.3. The van der Waals surface area contributed by atoms with Crippen molar-refractivity contribution in [2.24, 2.45) is 5.73 Å². The summed E-state index contributed by atoms with van der Waals surface area (Å²) in [4.78, 5) is 28.3. The molecule has 3 rings (SSSR count). The van der Waals surface area contributed by atoms with Crippen LogP contribution in [-0.2, 0) is 6.54 Å². The highest BCUT2D eigenvalue weighted by Gasteiger charge is 2.29. The van der Waals surface area contributed by atoms with Gasteiger partial charge in [0.05, 0.1) is 24.3 Å². The van der Waals surface area contributed by atoms with Crippen molar-refractivity contribution in [3.63, 3.8) is 0 Å². The zero-order valence-corrected chi connectivity index (χ0v) is 15.7. The SMILES string of the molecule is CNC(=O)c1c(C(N)=O)nc2n1CCOc1cc(F)c(C#CC(C)(O)CO)cc1-2. The molecule has 9 nitrogen and oxygen atoms in total. The second-order valence-corrected chi connectivity index (χ2v) is 6.59. The van der Waals surface area contributed by atoms with E-state index in [1.807, 2.05) is 0 Å². The van der Waals surface area contributed by atoms with Gasteiger partial charge in [-0.1, -0.05) is 11.8 Å². The number of imidazole rings is 1. The summed E-state index contributed by atoms with van der Waals surface area (Å²) in [5, 5.41) is 21.4. The molecule has 10 heteroatoms. The standard InChI is InChI=1S/C19H19FN4O5/c1-19(28,9-25)4-3-10-7-11-13(8-12(10)20)29-6-5-24-15(18(27)22-2)14(16(21)26)23-17(11)24/h7-8,25,28H,5-6,9H2,1-2H3,(H2,21,26)(H,22,27). The smallest absolute Gasteiger partial charge is 0.270 e. The third-order valence-electron chi connectivity index (χ3n) is 4.30. The van der Waals surface area contributed by atoms with Gasteiger partial charge in [-0.15, -0.1) is 0 Å². The minimum absolute atomic E-state index is 0.0216. The molecule has 0 radical (unpaired) electrons. The number of nitrogens with one attached hydrogen (secondary N) is 1. The highest BCUT2D eigenvalue weighted by atomic mass is 19.1. The van der Waals surface area contributed by atoms with E-state index in [1.54, 1.807) is 0 Å². The molecule has 2 amide bonds. The fourth-order valence-electron chi connectivity index (χ4n) is 2.83. The predicted octanol–water partition coefficient (Wildman–Crippen LogP) is -0.365. The Hall–Kier alpha value is -3.42. The van der Waals surface area contributed by atoms with Gasteiger partial charge in [-0.05, 0) is 13.0 Å². The Morgan fingerprint density at radius 2 is 2.21 bits per heavy atom. The zero-order chi connectivity index (χ0) is 21.3. The summed E-state index contributed by atoms with van der Waals surface area (Å²) >= 11 is 0. The first-order chi connectivity index (χ1) is 13.7. The Bertz CT molecular complexity index is 1060. The molecular formula is C19H19FN4O5. The molecule has 2 aromatic rings. The van der Waals surface area contributed by atoms with E-state index in [2.05, 4.69) is 22.1 Å². The molecule has 0 saturated carbocycles. The van der Waals surface area contributed by atoms with Crippen LogP contribution < -0.4 is 15.8 Å². The van der Waals surface area contributed by atoms with Crippen molar-refractivity contribution in [2.75, 3.05) is 20.3 Å². The maximum atomic E-state index is 14.5. The third kappa shape index (κ3) is 3.78. The molecule has 1 aliphatic heterocycles. The van der Waals surface area contributed by atoms with E-state index >= 15 is 0 Å². The average Bonchev–Trinajstić information content (AvgIpc) is 2.98. The molecule has 29 heavy (non-hydrogen) atoms. The van der Waals surface area contributed by atoms with Gasteiger partial charge in [-0.3, -0.25) is 9.59 Å². The summed E-state index contributed by atoms with van der Waals surface area (Å²) in [6.07, 6.45) is 0. The number of hydrogen-bond donors (Lipinski definition) is 4. The summed E-state index contributed by atoms with van der Waals surface area (Å²) < 4.78 is 21.5. The number of ether oxygens (including phenoxy) is 1. The van der Waals surface area contributed by atoms with Gasteiger partial charge in [0.2, 0.25) is 0 Å². The number of benzene rings is 1. The molecule has 0 bridgehead atoms. The van der Waals surface area contributed by atoms with Crippen molar-refractivity contribution in [3.05, 3.63) is 34.9 Å². The van der Waals surface area contributed by atoms with Crippen LogP contribution in [0.3, 0.4) is 0 Å². The number of fused-ring (bicyclic) bond motifs is 3. The molecular weight excluding hydrogens is 383 g/mol. The second kappa shape index (κ2) is 7.54. The normalized spacial score (nSPS) is 14.2. The molecule has 5 N–H and O–H groups in total. The number of aliphatic hydroxyl groups is 2.